The predicted octanol–water partition coefficient (Wildman–Crippen LogP) is 1.27. The number of aldehydes is 1. The van der Waals surface area contributed by atoms with Gasteiger partial charge in [0.1, 0.15) is 6.29 Å². The molecular formula is C6H9NO. The van der Waals surface area contributed by atoms with Gasteiger partial charge in [-0.2, -0.15) is 5.26 Å². The highest BCUT2D eigenvalue weighted by Gasteiger charge is 1.83. The first-order valence-corrected chi connectivity index (χ1v) is 2.72. The Morgan fingerprint density at radius 1 is 1.50 bits per heavy atom. The summed E-state index contributed by atoms with van der Waals surface area (Å²) >= 11 is 0. The summed E-state index contributed by atoms with van der Waals surface area (Å²) in [5.41, 5.74) is 0. The lowest BCUT2D eigenvalue weighted by molar-refractivity contribution is -0.107. The SMILES string of the molecule is N#CCCCCC=O. The molecule has 0 amide bonds. The molecule has 8 heavy (non-hydrogen) atoms. The highest BCUT2D eigenvalue weighted by Crippen LogP contribution is 1.94. The third kappa shape index (κ3) is 5.16. The van der Waals surface area contributed by atoms with Crippen LogP contribution in [-0.4, -0.2) is 6.29 Å². The predicted molar refractivity (Wildman–Crippen MR) is 30.1 cm³/mol. The van der Waals surface area contributed by atoms with Gasteiger partial charge in [-0.1, -0.05) is 0 Å². The zero-order valence-electron chi connectivity index (χ0n) is 4.76. The van der Waals surface area contributed by atoms with E-state index < -0.39 is 0 Å². The van der Waals surface area contributed by atoms with Gasteiger partial charge in [0.2, 0.25) is 0 Å². The van der Waals surface area contributed by atoms with Crippen molar-refractivity contribution < 1.29 is 4.79 Å². The molecule has 0 heterocycles. The van der Waals surface area contributed by atoms with E-state index in [1.54, 1.807) is 0 Å². The van der Waals surface area contributed by atoms with Gasteiger partial charge in [-0.25, -0.2) is 0 Å². The highest BCUT2D eigenvalue weighted by molar-refractivity contribution is 5.48. The van der Waals surface area contributed by atoms with Crippen molar-refractivity contribution in [2.45, 2.75) is 25.7 Å². The Labute approximate surface area is 49.1 Å². The van der Waals surface area contributed by atoms with Gasteiger partial charge in [0, 0.05) is 12.8 Å². The summed E-state index contributed by atoms with van der Waals surface area (Å²) in [4.78, 5) is 9.69. The number of rotatable bonds is 4. The minimum absolute atomic E-state index is 0.577. The lowest BCUT2D eigenvalue weighted by Crippen LogP contribution is -1.75. The summed E-state index contributed by atoms with van der Waals surface area (Å²) in [6, 6.07) is 2.01. The quantitative estimate of drug-likeness (QED) is 0.405. The minimum Gasteiger partial charge on any atom is -0.303 e. The van der Waals surface area contributed by atoms with Gasteiger partial charge in [0.25, 0.3) is 0 Å². The molecule has 2 nitrogen and oxygen atoms in total. The first-order valence-electron chi connectivity index (χ1n) is 2.72. The number of hydrogen-bond acceptors (Lipinski definition) is 2. The molecule has 2 heteroatoms. The van der Waals surface area contributed by atoms with Crippen LogP contribution in [0, 0.1) is 11.3 Å². The van der Waals surface area contributed by atoms with E-state index in [1.807, 2.05) is 6.07 Å². The number of unbranched alkanes of at least 4 members (excludes halogenated alkanes) is 3. The minimum atomic E-state index is 0.577. The molecule has 0 rings (SSSR count). The normalized spacial score (nSPS) is 7.88. The van der Waals surface area contributed by atoms with Crippen LogP contribution in [0.3, 0.4) is 0 Å². The maximum atomic E-state index is 9.69. The molecule has 0 radical (unpaired) electrons. The van der Waals surface area contributed by atoms with Gasteiger partial charge in [-0.3, -0.25) is 0 Å². The van der Waals surface area contributed by atoms with Crippen LogP contribution in [0.25, 0.3) is 0 Å². The average Bonchev–Trinajstić information content (AvgIpc) is 1.81. The van der Waals surface area contributed by atoms with Gasteiger partial charge in [0.15, 0.2) is 0 Å². The Balaban J connectivity index is 2.74. The molecule has 0 aliphatic carbocycles. The van der Waals surface area contributed by atoms with Crippen LogP contribution in [0.4, 0.5) is 0 Å². The maximum Gasteiger partial charge on any atom is 0.119 e. The van der Waals surface area contributed by atoms with E-state index >= 15 is 0 Å². The zero-order valence-corrected chi connectivity index (χ0v) is 4.76. The van der Waals surface area contributed by atoms with Crippen LogP contribution >= 0.6 is 0 Å². The van der Waals surface area contributed by atoms with Crippen LogP contribution in [0.1, 0.15) is 25.7 Å². The van der Waals surface area contributed by atoms with E-state index in [0.717, 1.165) is 19.1 Å². The summed E-state index contributed by atoms with van der Waals surface area (Å²) in [6.45, 7) is 0. The second-order valence-corrected chi connectivity index (χ2v) is 1.57. The number of carbonyl (C=O) groups excluding carboxylic acids is 1. The van der Waals surface area contributed by atoms with E-state index in [4.69, 9.17) is 5.26 Å². The maximum absolute atomic E-state index is 9.69. The zero-order chi connectivity index (χ0) is 6.24. The summed E-state index contributed by atoms with van der Waals surface area (Å²) in [5, 5.41) is 8.03. The Bertz CT molecular complexity index is 93.2. The van der Waals surface area contributed by atoms with E-state index in [1.165, 1.54) is 0 Å². The van der Waals surface area contributed by atoms with Crippen molar-refractivity contribution in [1.29, 1.82) is 5.26 Å². The number of carbonyl (C=O) groups is 1. The third-order valence-corrected chi connectivity index (χ3v) is 0.861. The standard InChI is InChI=1S/C6H9NO/c7-5-3-1-2-4-6-8/h6H,1-4H2. The summed E-state index contributed by atoms with van der Waals surface area (Å²) in [7, 11) is 0. The Hall–Kier alpha value is -0.840. The van der Waals surface area contributed by atoms with Crippen LogP contribution in [0.2, 0.25) is 0 Å². The van der Waals surface area contributed by atoms with E-state index in [2.05, 4.69) is 0 Å². The van der Waals surface area contributed by atoms with Crippen molar-refractivity contribution in [3.63, 3.8) is 0 Å². The van der Waals surface area contributed by atoms with Crippen LogP contribution in [0.15, 0.2) is 0 Å². The molecule has 44 valence electrons. The molecule has 0 saturated carbocycles. The number of nitrogens with zero attached hydrogens (tertiary/aromatic N) is 1. The van der Waals surface area contributed by atoms with Crippen molar-refractivity contribution in [3.05, 3.63) is 0 Å². The van der Waals surface area contributed by atoms with Crippen molar-refractivity contribution in [1.82, 2.24) is 0 Å². The molecule has 0 aromatic heterocycles. The molecule has 0 saturated heterocycles. The lowest BCUT2D eigenvalue weighted by Gasteiger charge is -1.84. The molecule has 0 N–H and O–H groups in total. The van der Waals surface area contributed by atoms with Crippen LogP contribution in [-0.2, 0) is 4.79 Å². The third-order valence-electron chi connectivity index (χ3n) is 0.861. The van der Waals surface area contributed by atoms with Gasteiger partial charge in [-0.15, -0.1) is 0 Å². The fourth-order valence-electron chi connectivity index (χ4n) is 0.432. The van der Waals surface area contributed by atoms with Gasteiger partial charge in [0.05, 0.1) is 6.07 Å². The van der Waals surface area contributed by atoms with Crippen molar-refractivity contribution in [2.75, 3.05) is 0 Å². The summed E-state index contributed by atoms with van der Waals surface area (Å²) in [6.07, 6.45) is 3.78. The molecule has 0 fully saturated rings. The van der Waals surface area contributed by atoms with Gasteiger partial charge >= 0.3 is 0 Å². The Kier molecular flexibility index (Phi) is 5.51. The lowest BCUT2D eigenvalue weighted by atomic mass is 10.2. The van der Waals surface area contributed by atoms with Crippen molar-refractivity contribution in [2.24, 2.45) is 0 Å². The van der Waals surface area contributed by atoms with E-state index in [-0.39, 0.29) is 0 Å². The van der Waals surface area contributed by atoms with E-state index in [9.17, 15) is 4.79 Å². The van der Waals surface area contributed by atoms with Crippen LogP contribution in [0.5, 0.6) is 0 Å². The fourth-order valence-corrected chi connectivity index (χ4v) is 0.432. The first kappa shape index (κ1) is 7.16. The highest BCUT2D eigenvalue weighted by atomic mass is 16.1. The number of nitriles is 1. The van der Waals surface area contributed by atoms with Gasteiger partial charge < -0.3 is 4.79 Å². The van der Waals surface area contributed by atoms with E-state index in [0.29, 0.717) is 12.8 Å². The smallest absolute Gasteiger partial charge is 0.119 e. The summed E-state index contributed by atoms with van der Waals surface area (Å²) in [5.74, 6) is 0. The molecule has 0 unspecified atom stereocenters. The monoisotopic (exact) mass is 111 g/mol. The molecule has 0 bridgehead atoms. The number of hydrogen-bond donors (Lipinski definition) is 0. The van der Waals surface area contributed by atoms with Crippen LogP contribution < -0.4 is 0 Å². The second kappa shape index (κ2) is 6.16. The Morgan fingerprint density at radius 3 is 2.75 bits per heavy atom. The molecule has 0 aromatic carbocycles. The molecule has 0 atom stereocenters. The average molecular weight is 111 g/mol. The van der Waals surface area contributed by atoms with Crippen molar-refractivity contribution >= 4 is 6.29 Å². The molecule has 0 aromatic rings. The van der Waals surface area contributed by atoms with Gasteiger partial charge in [-0.05, 0) is 12.8 Å². The molecule has 0 spiro atoms. The largest absolute Gasteiger partial charge is 0.303 e. The molecular weight excluding hydrogens is 102 g/mol. The van der Waals surface area contributed by atoms with Crippen molar-refractivity contribution in [3.8, 4) is 6.07 Å². The topological polar surface area (TPSA) is 40.9 Å². The first-order chi connectivity index (χ1) is 3.91. The molecule has 0 aliphatic rings. The molecule has 0 aliphatic heterocycles. The summed E-state index contributed by atoms with van der Waals surface area (Å²) < 4.78 is 0. The Morgan fingerprint density at radius 2 is 2.25 bits per heavy atom. The second-order valence-electron chi connectivity index (χ2n) is 1.57. The fraction of sp³-hybridized carbons (Fsp3) is 0.667.